The van der Waals surface area contributed by atoms with Gasteiger partial charge in [0.2, 0.25) is 0 Å². The Morgan fingerprint density at radius 3 is 0.403 bits per heavy atom. The molecule has 10 aromatic carbocycles. The van der Waals surface area contributed by atoms with Crippen molar-refractivity contribution in [3.8, 4) is 134 Å². The van der Waals surface area contributed by atoms with Crippen molar-refractivity contribution >= 4 is 0 Å². The Morgan fingerprint density at radius 1 is 0.139 bits per heavy atom. The van der Waals surface area contributed by atoms with Crippen LogP contribution in [0, 0.1) is 0 Å². The maximum absolute atomic E-state index is 4.87. The van der Waals surface area contributed by atoms with E-state index in [0.717, 1.165) is 134 Å². The second-order valence-electron chi connectivity index (χ2n) is 18.1. The summed E-state index contributed by atoms with van der Waals surface area (Å²) in [6.07, 6.45) is 8.00. The zero-order valence-electron chi connectivity index (χ0n) is 39.2. The summed E-state index contributed by atoms with van der Waals surface area (Å²) in [5.74, 6) is 0. The first-order chi connectivity index (χ1) is 35.8. The predicted octanol–water partition coefficient (Wildman–Crippen LogP) is 17.6. The average molecular weight is 917 g/mol. The van der Waals surface area contributed by atoms with E-state index < -0.39 is 0 Å². The zero-order valence-corrected chi connectivity index (χ0v) is 39.2. The number of aromatic nitrogens is 4. The Kier molecular flexibility index (Phi) is 10.8. The first-order valence-electron chi connectivity index (χ1n) is 24.4. The normalized spacial score (nSPS) is 11.3. The molecule has 0 saturated carbocycles. The van der Waals surface area contributed by atoms with Gasteiger partial charge in [-0.3, -0.25) is 0 Å². The van der Waals surface area contributed by atoms with Crippen LogP contribution in [-0.4, -0.2) is 20.4 Å². The first-order valence-corrected chi connectivity index (χ1v) is 24.4. The van der Waals surface area contributed by atoms with Crippen molar-refractivity contribution in [3.63, 3.8) is 0 Å². The molecule has 0 unspecified atom stereocenters. The van der Waals surface area contributed by atoms with Gasteiger partial charge in [-0.25, -0.2) is 0 Å². The summed E-state index contributed by atoms with van der Waals surface area (Å²) in [7, 11) is 0. The number of fused-ring (bicyclic) bond motifs is 8. The van der Waals surface area contributed by atoms with Crippen LogP contribution < -0.4 is 0 Å². The van der Waals surface area contributed by atoms with Gasteiger partial charge in [-0.1, -0.05) is 243 Å². The maximum atomic E-state index is 4.87. The second kappa shape index (κ2) is 18.4. The predicted molar refractivity (Wildman–Crippen MR) is 296 cm³/mol. The topological polar surface area (TPSA) is 51.6 Å². The molecule has 4 nitrogen and oxygen atoms in total. The Hall–Kier alpha value is -9.64. The van der Waals surface area contributed by atoms with Gasteiger partial charge in [-0.05, 0) is 89.0 Å². The molecule has 13 rings (SSSR count). The fraction of sp³-hybridized carbons (Fsp3) is 0. The molecule has 1 aliphatic carbocycles. The van der Waals surface area contributed by atoms with Crippen molar-refractivity contribution in [2.45, 2.75) is 0 Å². The molecule has 72 heavy (non-hydrogen) atoms. The highest BCUT2D eigenvalue weighted by atomic mass is 15.1. The van der Waals surface area contributed by atoms with Crippen LogP contribution in [0.4, 0.5) is 0 Å². The lowest BCUT2D eigenvalue weighted by Gasteiger charge is -2.34. The molecule has 0 radical (unpaired) electrons. The summed E-state index contributed by atoms with van der Waals surface area (Å²) in [5.41, 5.74) is 25.5. The summed E-state index contributed by atoms with van der Waals surface area (Å²) in [6.45, 7) is 0. The lowest BCUT2D eigenvalue weighted by Crippen LogP contribution is -2.09. The smallest absolute Gasteiger partial charge is 0.0581 e. The molecule has 336 valence electrons. The third kappa shape index (κ3) is 7.16. The van der Waals surface area contributed by atoms with Crippen molar-refractivity contribution in [2.75, 3.05) is 0 Å². The molecule has 1 aliphatic rings. The highest BCUT2D eigenvalue weighted by molar-refractivity contribution is 6.23. The molecule has 0 bridgehead atoms. The van der Waals surface area contributed by atoms with Gasteiger partial charge in [0, 0.05) is 44.5 Å². The van der Waals surface area contributed by atoms with Crippen LogP contribution in [0.25, 0.3) is 134 Å². The first kappa shape index (κ1) is 42.5. The lowest BCUT2D eigenvalue weighted by atomic mass is 9.68. The molecule has 0 atom stereocenters. The van der Waals surface area contributed by atoms with Crippen LogP contribution in [0.1, 0.15) is 0 Å². The van der Waals surface area contributed by atoms with Crippen LogP contribution in [0.15, 0.2) is 267 Å². The zero-order chi connectivity index (χ0) is 47.8. The van der Waals surface area contributed by atoms with Crippen LogP contribution in [0.2, 0.25) is 0 Å². The fourth-order valence-electron chi connectivity index (χ4n) is 11.2. The number of benzene rings is 10. The van der Waals surface area contributed by atoms with E-state index in [0.29, 0.717) is 0 Å². The van der Waals surface area contributed by atoms with E-state index >= 15 is 0 Å². The molecule has 12 aromatic rings. The molecular weight excluding hydrogens is 873 g/mol. The molecular formula is C68H44N4. The third-order valence-electron chi connectivity index (χ3n) is 14.0. The van der Waals surface area contributed by atoms with Crippen LogP contribution in [0.3, 0.4) is 0 Å². The molecule has 0 aliphatic heterocycles. The summed E-state index contributed by atoms with van der Waals surface area (Å²) < 4.78 is 0. The van der Waals surface area contributed by atoms with E-state index in [1.54, 1.807) is 0 Å². The van der Waals surface area contributed by atoms with Crippen molar-refractivity contribution in [1.82, 2.24) is 20.4 Å². The molecule has 0 fully saturated rings. The molecule has 0 N–H and O–H groups in total. The van der Waals surface area contributed by atoms with Crippen molar-refractivity contribution in [3.05, 3.63) is 267 Å². The van der Waals surface area contributed by atoms with E-state index in [2.05, 4.69) is 243 Å². The Bertz CT molecular complexity index is 3390. The minimum Gasteiger partial charge on any atom is -0.158 e. The van der Waals surface area contributed by atoms with E-state index in [1.165, 1.54) is 0 Å². The molecule has 0 saturated heterocycles. The van der Waals surface area contributed by atoms with Gasteiger partial charge < -0.3 is 0 Å². The van der Waals surface area contributed by atoms with Crippen LogP contribution >= 0.6 is 0 Å². The Balaban J connectivity index is 1.36. The summed E-state index contributed by atoms with van der Waals surface area (Å²) in [6, 6.07) is 87.0. The van der Waals surface area contributed by atoms with Gasteiger partial charge in [-0.2, -0.15) is 20.4 Å². The van der Waals surface area contributed by atoms with E-state index in [9.17, 15) is 0 Å². The van der Waals surface area contributed by atoms with Gasteiger partial charge >= 0.3 is 0 Å². The number of rotatable bonds is 8. The lowest BCUT2D eigenvalue weighted by molar-refractivity contribution is 1.03. The third-order valence-corrected chi connectivity index (χ3v) is 14.0. The van der Waals surface area contributed by atoms with Crippen LogP contribution in [0.5, 0.6) is 0 Å². The SMILES string of the molecule is c1ccc(-c2c(-c3ccccc3)c(-c3ccccc3)c3c(c2-c2ccccc2)-c2cnncc2-c2c(-c4ccccc4)c(-c4ccccc4)c(-c4ccccc4)c(-c4ccccc4)c2-c2cnncc2-3)cc1. The van der Waals surface area contributed by atoms with Gasteiger partial charge in [0.1, 0.15) is 0 Å². The van der Waals surface area contributed by atoms with Crippen molar-refractivity contribution < 1.29 is 0 Å². The number of nitrogens with zero attached hydrogens (tertiary/aromatic N) is 4. The van der Waals surface area contributed by atoms with Gasteiger partial charge in [0.05, 0.1) is 24.8 Å². The molecule has 0 amide bonds. The highest BCUT2D eigenvalue weighted by Crippen LogP contribution is 2.63. The second-order valence-corrected chi connectivity index (χ2v) is 18.1. The van der Waals surface area contributed by atoms with Crippen molar-refractivity contribution in [2.24, 2.45) is 0 Å². The fourth-order valence-corrected chi connectivity index (χ4v) is 11.2. The summed E-state index contributed by atoms with van der Waals surface area (Å²) in [5, 5.41) is 19.5. The molecule has 2 aromatic heterocycles. The molecule has 4 heteroatoms. The standard InChI is InChI=1S/C68H44N4/c1-9-25-45(26-10-1)57-58(46-27-11-2-12-28-46)62(50-35-19-6-20-36-50)66-55-43-71-72-44-56(55)68-64(52-39-23-8-24-40-52)60(48-31-15-4-16-32-48)59(47-29-13-3-14-30-47)63(51-37-21-7-22-38-51)67(68)54-42-70-69-41-53(54)65(66)61(57)49-33-17-5-18-34-49/h1-44H. The number of hydrogen-bond acceptors (Lipinski definition) is 4. The summed E-state index contributed by atoms with van der Waals surface area (Å²) >= 11 is 0. The molecule has 2 heterocycles. The monoisotopic (exact) mass is 916 g/mol. The quantitative estimate of drug-likeness (QED) is 0.152. The van der Waals surface area contributed by atoms with Gasteiger partial charge in [-0.15, -0.1) is 0 Å². The Labute approximate surface area is 419 Å². The molecule has 0 spiro atoms. The largest absolute Gasteiger partial charge is 0.158 e. The van der Waals surface area contributed by atoms with Gasteiger partial charge in [0.15, 0.2) is 0 Å². The summed E-state index contributed by atoms with van der Waals surface area (Å²) in [4.78, 5) is 0. The Morgan fingerprint density at radius 2 is 0.264 bits per heavy atom. The average Bonchev–Trinajstić information content (AvgIpc) is 3.47. The van der Waals surface area contributed by atoms with Crippen LogP contribution in [-0.2, 0) is 0 Å². The van der Waals surface area contributed by atoms with E-state index in [-0.39, 0.29) is 0 Å². The minimum atomic E-state index is 0.958. The highest BCUT2D eigenvalue weighted by Gasteiger charge is 2.37. The minimum absolute atomic E-state index is 0.958. The van der Waals surface area contributed by atoms with E-state index in [4.69, 9.17) is 20.4 Å². The van der Waals surface area contributed by atoms with E-state index in [1.807, 2.05) is 24.8 Å². The van der Waals surface area contributed by atoms with Gasteiger partial charge in [0.25, 0.3) is 0 Å². The van der Waals surface area contributed by atoms with Crippen molar-refractivity contribution in [1.29, 1.82) is 0 Å². The maximum Gasteiger partial charge on any atom is 0.0581 e. The number of hydrogen-bond donors (Lipinski definition) is 0.